The van der Waals surface area contributed by atoms with Crippen molar-refractivity contribution in [2.75, 3.05) is 39.9 Å². The van der Waals surface area contributed by atoms with Gasteiger partial charge in [-0.25, -0.2) is 0 Å². The Morgan fingerprint density at radius 2 is 2.10 bits per heavy atom. The number of benzene rings is 1. The third-order valence-corrected chi connectivity index (χ3v) is 6.69. The summed E-state index contributed by atoms with van der Waals surface area (Å²) in [5.41, 5.74) is 4.03. The third kappa shape index (κ3) is 5.60. The van der Waals surface area contributed by atoms with Crippen molar-refractivity contribution in [2.24, 2.45) is 4.99 Å². The Bertz CT molecular complexity index is 848. The predicted octanol–water partition coefficient (Wildman–Crippen LogP) is 3.90. The van der Waals surface area contributed by atoms with Gasteiger partial charge in [0.1, 0.15) is 0 Å². The lowest BCUT2D eigenvalue weighted by Gasteiger charge is -2.35. The first-order valence-electron chi connectivity index (χ1n) is 12.0. The van der Waals surface area contributed by atoms with Gasteiger partial charge in [-0.05, 0) is 56.1 Å². The molecule has 4 rings (SSSR count). The lowest BCUT2D eigenvalue weighted by atomic mass is 10.1. The van der Waals surface area contributed by atoms with Gasteiger partial charge < -0.3 is 24.7 Å². The number of aromatic nitrogens is 1. The summed E-state index contributed by atoms with van der Waals surface area (Å²) in [5.74, 6) is 1.00. The fraction of sp³-hybridized carbons (Fsp3) is 0.640. The van der Waals surface area contributed by atoms with Crippen molar-refractivity contribution in [3.63, 3.8) is 0 Å². The highest BCUT2D eigenvalue weighted by Crippen LogP contribution is 2.22. The van der Waals surface area contributed by atoms with Gasteiger partial charge in [0.05, 0.1) is 18.8 Å². The highest BCUT2D eigenvalue weighted by atomic mass is 16.5. The van der Waals surface area contributed by atoms with Crippen LogP contribution in [0.4, 0.5) is 0 Å². The van der Waals surface area contributed by atoms with Crippen LogP contribution in [0.1, 0.15) is 50.2 Å². The van der Waals surface area contributed by atoms with Gasteiger partial charge in [0.15, 0.2) is 5.96 Å². The molecule has 6 nitrogen and oxygen atoms in total. The molecule has 2 aliphatic heterocycles. The second-order valence-electron chi connectivity index (χ2n) is 8.74. The Kier molecular flexibility index (Phi) is 7.86. The van der Waals surface area contributed by atoms with E-state index in [0.29, 0.717) is 12.2 Å². The van der Waals surface area contributed by atoms with E-state index in [-0.39, 0.29) is 0 Å². The molecule has 2 saturated heterocycles. The van der Waals surface area contributed by atoms with Gasteiger partial charge in [-0.15, -0.1) is 0 Å². The molecule has 31 heavy (non-hydrogen) atoms. The number of ether oxygens (including phenoxy) is 2. The molecule has 0 aliphatic carbocycles. The number of aryl methyl sites for hydroxylation is 1. The maximum Gasteiger partial charge on any atom is 0.193 e. The molecule has 2 fully saturated rings. The van der Waals surface area contributed by atoms with Gasteiger partial charge in [0.2, 0.25) is 0 Å². The van der Waals surface area contributed by atoms with Crippen LogP contribution in [-0.4, -0.2) is 67.9 Å². The van der Waals surface area contributed by atoms with Crippen molar-refractivity contribution < 1.29 is 9.47 Å². The molecule has 0 spiro atoms. The van der Waals surface area contributed by atoms with Crippen LogP contribution in [0.2, 0.25) is 0 Å². The number of hydrogen-bond donors (Lipinski definition) is 2. The maximum atomic E-state index is 6.16. The number of nitrogens with one attached hydrogen (secondary N) is 2. The molecule has 6 heteroatoms. The molecule has 1 aromatic heterocycles. The first kappa shape index (κ1) is 22.2. The summed E-state index contributed by atoms with van der Waals surface area (Å²) >= 11 is 0. The Morgan fingerprint density at radius 3 is 2.84 bits per heavy atom. The Balaban J connectivity index is 1.21. The first-order valence-corrected chi connectivity index (χ1v) is 12.0. The van der Waals surface area contributed by atoms with Crippen LogP contribution in [0.15, 0.2) is 29.4 Å². The number of aromatic amines is 1. The van der Waals surface area contributed by atoms with Gasteiger partial charge in [-0.2, -0.15) is 0 Å². The van der Waals surface area contributed by atoms with Crippen molar-refractivity contribution in [3.05, 3.63) is 35.5 Å². The van der Waals surface area contributed by atoms with Crippen molar-refractivity contribution in [1.29, 1.82) is 0 Å². The summed E-state index contributed by atoms with van der Waals surface area (Å²) in [6.45, 7) is 6.71. The normalized spacial score (nSPS) is 21.0. The van der Waals surface area contributed by atoms with Crippen LogP contribution in [0, 0.1) is 0 Å². The quantitative estimate of drug-likeness (QED) is 0.521. The number of guanidine groups is 1. The standard InChI is InChI=1S/C25H38N4O2/c1-3-19-7-6-9-23-20(17-28-24(19)23)10-13-27-25(26-2)29-14-11-21(12-15-29)31-18-22-8-4-5-16-30-22/h6-7,9,17,21-22,28H,3-5,8,10-16,18H2,1-2H3,(H,26,27). The fourth-order valence-corrected chi connectivity index (χ4v) is 4.83. The van der Waals surface area contributed by atoms with Gasteiger partial charge in [-0.1, -0.05) is 25.1 Å². The van der Waals surface area contributed by atoms with Crippen molar-refractivity contribution in [1.82, 2.24) is 15.2 Å². The van der Waals surface area contributed by atoms with Crippen LogP contribution in [0.3, 0.4) is 0 Å². The van der Waals surface area contributed by atoms with Crippen molar-refractivity contribution in [3.8, 4) is 0 Å². The zero-order valence-electron chi connectivity index (χ0n) is 19.2. The Hall–Kier alpha value is -2.05. The zero-order chi connectivity index (χ0) is 21.5. The molecule has 0 amide bonds. The molecule has 2 aromatic rings. The van der Waals surface area contributed by atoms with Crippen molar-refractivity contribution >= 4 is 16.9 Å². The number of para-hydroxylation sites is 1. The molecule has 1 unspecified atom stereocenters. The summed E-state index contributed by atoms with van der Waals surface area (Å²) in [6, 6.07) is 6.59. The molecule has 2 N–H and O–H groups in total. The Labute approximate surface area is 186 Å². The van der Waals surface area contributed by atoms with E-state index in [1.807, 2.05) is 7.05 Å². The summed E-state index contributed by atoms with van der Waals surface area (Å²) < 4.78 is 12.0. The number of fused-ring (bicyclic) bond motifs is 1. The van der Waals surface area contributed by atoms with Gasteiger partial charge in [0.25, 0.3) is 0 Å². The molecule has 170 valence electrons. The molecule has 0 radical (unpaired) electrons. The van der Waals surface area contributed by atoms with E-state index in [1.54, 1.807) is 0 Å². The van der Waals surface area contributed by atoms with E-state index in [4.69, 9.17) is 9.47 Å². The van der Waals surface area contributed by atoms with Crippen LogP contribution in [-0.2, 0) is 22.3 Å². The van der Waals surface area contributed by atoms with E-state index in [1.165, 1.54) is 34.9 Å². The van der Waals surface area contributed by atoms with Crippen LogP contribution >= 0.6 is 0 Å². The molecule has 0 bridgehead atoms. The number of H-pyrrole nitrogens is 1. The summed E-state index contributed by atoms with van der Waals surface area (Å²) in [7, 11) is 1.88. The number of aliphatic imine (C=N–C) groups is 1. The van der Waals surface area contributed by atoms with E-state index in [2.05, 4.69) is 51.5 Å². The molecule has 1 atom stereocenters. The number of piperidine rings is 1. The number of rotatable bonds is 7. The van der Waals surface area contributed by atoms with E-state index >= 15 is 0 Å². The third-order valence-electron chi connectivity index (χ3n) is 6.69. The summed E-state index contributed by atoms with van der Waals surface area (Å²) in [4.78, 5) is 10.4. The number of hydrogen-bond acceptors (Lipinski definition) is 3. The molecule has 2 aliphatic rings. The van der Waals surface area contributed by atoms with Gasteiger partial charge >= 0.3 is 0 Å². The minimum Gasteiger partial charge on any atom is -0.376 e. The van der Waals surface area contributed by atoms with Crippen LogP contribution in [0.5, 0.6) is 0 Å². The highest BCUT2D eigenvalue weighted by Gasteiger charge is 2.23. The molecule has 0 saturated carbocycles. The predicted molar refractivity (Wildman–Crippen MR) is 127 cm³/mol. The molecular weight excluding hydrogens is 388 g/mol. The molecular formula is C25H38N4O2. The smallest absolute Gasteiger partial charge is 0.193 e. The Morgan fingerprint density at radius 1 is 1.23 bits per heavy atom. The van der Waals surface area contributed by atoms with E-state index in [9.17, 15) is 0 Å². The summed E-state index contributed by atoms with van der Waals surface area (Å²) in [5, 5.41) is 4.91. The number of nitrogens with zero attached hydrogens (tertiary/aromatic N) is 2. The van der Waals surface area contributed by atoms with Crippen LogP contribution in [0.25, 0.3) is 10.9 Å². The van der Waals surface area contributed by atoms with E-state index < -0.39 is 0 Å². The highest BCUT2D eigenvalue weighted by molar-refractivity contribution is 5.86. The molecule has 3 heterocycles. The average molecular weight is 427 g/mol. The SMILES string of the molecule is CCc1cccc2c(CCNC(=NC)N3CCC(OCC4CCCCO4)CC3)c[nH]c12. The topological polar surface area (TPSA) is 61.9 Å². The van der Waals surface area contributed by atoms with Gasteiger partial charge in [-0.3, -0.25) is 4.99 Å². The first-order chi connectivity index (χ1) is 15.3. The monoisotopic (exact) mass is 426 g/mol. The second-order valence-corrected chi connectivity index (χ2v) is 8.74. The summed E-state index contributed by atoms with van der Waals surface area (Å²) in [6.07, 6.45) is 10.6. The zero-order valence-corrected chi connectivity index (χ0v) is 19.2. The minimum atomic E-state index is 0.305. The lowest BCUT2D eigenvalue weighted by molar-refractivity contribution is -0.0721. The lowest BCUT2D eigenvalue weighted by Crippen LogP contribution is -2.47. The largest absolute Gasteiger partial charge is 0.376 e. The van der Waals surface area contributed by atoms with Crippen LogP contribution < -0.4 is 5.32 Å². The second kappa shape index (κ2) is 11.0. The number of likely N-dealkylation sites (tertiary alicyclic amines) is 1. The molecule has 1 aromatic carbocycles. The average Bonchev–Trinajstić information content (AvgIpc) is 3.25. The van der Waals surface area contributed by atoms with Crippen molar-refractivity contribution in [2.45, 2.75) is 64.1 Å². The maximum absolute atomic E-state index is 6.16. The minimum absolute atomic E-state index is 0.305. The van der Waals surface area contributed by atoms with E-state index in [0.717, 1.165) is 70.9 Å². The fourth-order valence-electron chi connectivity index (χ4n) is 4.83. The van der Waals surface area contributed by atoms with Gasteiger partial charge in [0, 0.05) is 50.4 Å².